The first kappa shape index (κ1) is 19.9. The topological polar surface area (TPSA) is 95.4 Å². The van der Waals surface area contributed by atoms with E-state index in [1.54, 1.807) is 21.3 Å². The van der Waals surface area contributed by atoms with Gasteiger partial charge in [-0.2, -0.15) is 4.98 Å². The number of hydrogen-bond acceptors (Lipinski definition) is 6. The standard InChI is InChI=1S/C24H21N3O5/c1-30-15-6-4-13(5-7-15)17-11-18-16-12-20(32-3)19(31-2)10-14(16)8-9-27(18)22-21(17)23(28)26-24(29)25-22/h4-7,10-12H,8-9H2,1-3H3,(H,26,28,29). The summed E-state index contributed by atoms with van der Waals surface area (Å²) in [5, 5.41) is 0. The highest BCUT2D eigenvalue weighted by Gasteiger charge is 2.27. The van der Waals surface area contributed by atoms with Crippen molar-refractivity contribution < 1.29 is 14.2 Å². The number of aryl methyl sites for hydroxylation is 1. The van der Waals surface area contributed by atoms with Crippen molar-refractivity contribution in [3.63, 3.8) is 0 Å². The molecule has 162 valence electrons. The van der Waals surface area contributed by atoms with Crippen LogP contribution in [-0.4, -0.2) is 35.9 Å². The van der Waals surface area contributed by atoms with Gasteiger partial charge in [0.25, 0.3) is 5.56 Å². The Bertz CT molecular complexity index is 1420. The average molecular weight is 431 g/mol. The van der Waals surface area contributed by atoms with Gasteiger partial charge >= 0.3 is 5.69 Å². The van der Waals surface area contributed by atoms with Gasteiger partial charge in [0, 0.05) is 17.7 Å². The van der Waals surface area contributed by atoms with Gasteiger partial charge in [-0.15, -0.1) is 0 Å². The number of hydrogen-bond donors (Lipinski definition) is 1. The van der Waals surface area contributed by atoms with Crippen LogP contribution < -0.4 is 25.5 Å². The van der Waals surface area contributed by atoms with E-state index in [4.69, 9.17) is 14.2 Å². The third-order valence-electron chi connectivity index (χ3n) is 5.87. The van der Waals surface area contributed by atoms with Crippen molar-refractivity contribution in [3.8, 4) is 51.0 Å². The number of rotatable bonds is 4. The molecule has 0 unspecified atom stereocenters. The molecule has 3 aliphatic rings. The maximum atomic E-state index is 12.9. The minimum atomic E-state index is -0.665. The van der Waals surface area contributed by atoms with Crippen LogP contribution in [0.15, 0.2) is 52.1 Å². The first-order chi connectivity index (χ1) is 15.5. The number of aromatic nitrogens is 3. The van der Waals surface area contributed by atoms with E-state index in [9.17, 15) is 9.59 Å². The average Bonchev–Trinajstić information content (AvgIpc) is 2.82. The van der Waals surface area contributed by atoms with Crippen LogP contribution in [0.4, 0.5) is 0 Å². The molecule has 0 aliphatic carbocycles. The molecule has 1 N–H and O–H groups in total. The van der Waals surface area contributed by atoms with Crippen LogP contribution in [-0.2, 0) is 13.0 Å². The lowest BCUT2D eigenvalue weighted by Gasteiger charge is -2.28. The zero-order chi connectivity index (χ0) is 22.4. The van der Waals surface area contributed by atoms with Gasteiger partial charge in [-0.3, -0.25) is 9.78 Å². The van der Waals surface area contributed by atoms with Gasteiger partial charge in [0.1, 0.15) is 5.75 Å². The van der Waals surface area contributed by atoms with E-state index in [0.717, 1.165) is 22.4 Å². The van der Waals surface area contributed by atoms with Crippen LogP contribution in [0.5, 0.6) is 17.2 Å². The predicted molar refractivity (Wildman–Crippen MR) is 120 cm³/mol. The number of ether oxygens (including phenoxy) is 3. The minimum absolute atomic E-state index is 0.363. The minimum Gasteiger partial charge on any atom is -0.497 e. The summed E-state index contributed by atoms with van der Waals surface area (Å²) in [5.74, 6) is 2.34. The van der Waals surface area contributed by atoms with Crippen LogP contribution in [0, 0.1) is 0 Å². The Morgan fingerprint density at radius 2 is 1.62 bits per heavy atom. The number of aromatic amines is 1. The number of fused-ring (bicyclic) bond motifs is 5. The van der Waals surface area contributed by atoms with Gasteiger partial charge in [0.15, 0.2) is 17.3 Å². The third kappa shape index (κ3) is 3.03. The summed E-state index contributed by atoms with van der Waals surface area (Å²) in [6.07, 6.45) is 0.701. The van der Waals surface area contributed by atoms with E-state index in [1.807, 2.05) is 47.0 Å². The number of nitrogens with one attached hydrogen (secondary N) is 1. The number of H-pyrrole nitrogens is 1. The third-order valence-corrected chi connectivity index (χ3v) is 5.87. The molecule has 2 aromatic carbocycles. The van der Waals surface area contributed by atoms with Crippen molar-refractivity contribution in [1.29, 1.82) is 0 Å². The monoisotopic (exact) mass is 431 g/mol. The first-order valence-electron chi connectivity index (χ1n) is 10.1. The van der Waals surface area contributed by atoms with Crippen LogP contribution in [0.3, 0.4) is 0 Å². The maximum absolute atomic E-state index is 12.9. The summed E-state index contributed by atoms with van der Waals surface area (Å²) in [6, 6.07) is 13.3. The number of nitrogens with zero attached hydrogens (tertiary/aromatic N) is 2. The molecule has 5 rings (SSSR count). The Kier molecular flexibility index (Phi) is 4.70. The van der Waals surface area contributed by atoms with Crippen LogP contribution in [0.25, 0.3) is 33.8 Å². The molecule has 0 saturated heterocycles. The molecule has 3 heterocycles. The van der Waals surface area contributed by atoms with E-state index >= 15 is 0 Å². The Morgan fingerprint density at radius 1 is 0.906 bits per heavy atom. The van der Waals surface area contributed by atoms with Gasteiger partial charge in [-0.25, -0.2) is 4.79 Å². The van der Waals surface area contributed by atoms with Crippen LogP contribution >= 0.6 is 0 Å². The molecule has 8 nitrogen and oxygen atoms in total. The second kappa shape index (κ2) is 7.56. The molecule has 0 atom stereocenters. The van der Waals surface area contributed by atoms with Gasteiger partial charge in [-0.05, 0) is 47.9 Å². The molecule has 0 spiro atoms. The zero-order valence-electron chi connectivity index (χ0n) is 17.9. The highest BCUT2D eigenvalue weighted by atomic mass is 16.5. The SMILES string of the molecule is COc1ccc(-c2cc3n(c4nc(=O)[nH]c(=O)c2-4)CCc2cc(OC)c(OC)cc2-3)cc1. The number of benzene rings is 2. The lowest BCUT2D eigenvalue weighted by Crippen LogP contribution is -2.29. The molecule has 0 fully saturated rings. The lowest BCUT2D eigenvalue weighted by molar-refractivity contribution is 0.354. The summed E-state index contributed by atoms with van der Waals surface area (Å²) < 4.78 is 18.2. The normalized spacial score (nSPS) is 12.2. The summed E-state index contributed by atoms with van der Waals surface area (Å²) >= 11 is 0. The van der Waals surface area contributed by atoms with Gasteiger partial charge in [0.2, 0.25) is 0 Å². The van der Waals surface area contributed by atoms with Crippen LogP contribution in [0.2, 0.25) is 0 Å². The quantitative estimate of drug-likeness (QED) is 0.534. The zero-order valence-corrected chi connectivity index (χ0v) is 17.9. The molecule has 3 aliphatic heterocycles. The van der Waals surface area contributed by atoms with Crippen LogP contribution in [0.1, 0.15) is 5.56 Å². The summed E-state index contributed by atoms with van der Waals surface area (Å²) in [4.78, 5) is 31.5. The smallest absolute Gasteiger partial charge is 0.349 e. The van der Waals surface area contributed by atoms with Crippen molar-refractivity contribution in [2.75, 3.05) is 21.3 Å². The van der Waals surface area contributed by atoms with E-state index in [-0.39, 0.29) is 0 Å². The summed E-state index contributed by atoms with van der Waals surface area (Å²) in [5.41, 5.74) is 3.64. The van der Waals surface area contributed by atoms with Crippen molar-refractivity contribution >= 4 is 0 Å². The fourth-order valence-corrected chi connectivity index (χ4v) is 4.33. The molecule has 0 radical (unpaired) electrons. The van der Waals surface area contributed by atoms with E-state index < -0.39 is 11.2 Å². The molecular weight excluding hydrogens is 410 g/mol. The molecule has 8 heteroatoms. The van der Waals surface area contributed by atoms with Crippen molar-refractivity contribution in [2.45, 2.75) is 13.0 Å². The number of methoxy groups -OCH3 is 3. The second-order valence-corrected chi connectivity index (χ2v) is 7.51. The fourth-order valence-electron chi connectivity index (χ4n) is 4.33. The molecule has 0 amide bonds. The van der Waals surface area contributed by atoms with Gasteiger partial charge in [-0.1, -0.05) is 12.1 Å². The molecule has 32 heavy (non-hydrogen) atoms. The highest BCUT2D eigenvalue weighted by molar-refractivity contribution is 5.86. The molecule has 0 bridgehead atoms. The Morgan fingerprint density at radius 3 is 2.31 bits per heavy atom. The van der Waals surface area contributed by atoms with E-state index in [0.29, 0.717) is 47.2 Å². The Labute approximate surface area is 183 Å². The molecule has 2 aromatic rings. The largest absolute Gasteiger partial charge is 0.497 e. The second-order valence-electron chi connectivity index (χ2n) is 7.51. The molecule has 0 saturated carbocycles. The molecule has 0 aromatic heterocycles. The van der Waals surface area contributed by atoms with E-state index in [2.05, 4.69) is 9.97 Å². The highest BCUT2D eigenvalue weighted by Crippen LogP contribution is 2.42. The Balaban J connectivity index is 1.86. The van der Waals surface area contributed by atoms with Gasteiger partial charge < -0.3 is 18.8 Å². The lowest BCUT2D eigenvalue weighted by atomic mass is 9.91. The fraction of sp³-hybridized carbons (Fsp3) is 0.208. The van der Waals surface area contributed by atoms with E-state index in [1.165, 1.54) is 0 Å². The van der Waals surface area contributed by atoms with Crippen molar-refractivity contribution in [2.24, 2.45) is 0 Å². The Hall–Kier alpha value is -4.07. The summed E-state index contributed by atoms with van der Waals surface area (Å²) in [7, 11) is 4.80. The van der Waals surface area contributed by atoms with Crippen molar-refractivity contribution in [3.05, 3.63) is 68.9 Å². The number of pyridine rings is 1. The maximum Gasteiger partial charge on any atom is 0.349 e. The molecular formula is C24H21N3O5. The summed E-state index contributed by atoms with van der Waals surface area (Å²) in [6.45, 7) is 0.576. The first-order valence-corrected chi connectivity index (χ1v) is 10.1. The van der Waals surface area contributed by atoms with Gasteiger partial charge in [0.05, 0.1) is 32.6 Å². The predicted octanol–water partition coefficient (Wildman–Crippen LogP) is 2.95. The van der Waals surface area contributed by atoms with Crippen molar-refractivity contribution in [1.82, 2.24) is 14.5 Å².